The standard InChI is InChI=1S/C13H25N3O2/c1-13(2,3)15-11(17)9-16(4)12(18)7-8-14-10-5-6-10/h10,14H,5-9H2,1-4H3,(H,15,17). The predicted octanol–water partition coefficient (Wildman–Crippen LogP) is 0.502. The van der Waals surface area contributed by atoms with Crippen LogP contribution in [0.3, 0.4) is 0 Å². The first-order valence-electron chi connectivity index (χ1n) is 6.56. The highest BCUT2D eigenvalue weighted by molar-refractivity contribution is 5.85. The number of amides is 2. The quantitative estimate of drug-likeness (QED) is 0.726. The van der Waals surface area contributed by atoms with Crippen LogP contribution in [0.2, 0.25) is 0 Å². The van der Waals surface area contributed by atoms with Crippen molar-refractivity contribution in [1.29, 1.82) is 0 Å². The molecule has 2 N–H and O–H groups in total. The summed E-state index contributed by atoms with van der Waals surface area (Å²) >= 11 is 0. The molecule has 0 bridgehead atoms. The first kappa shape index (κ1) is 15.0. The van der Waals surface area contributed by atoms with E-state index in [0.29, 0.717) is 19.0 Å². The van der Waals surface area contributed by atoms with Crippen LogP contribution in [-0.4, -0.2) is 48.4 Å². The van der Waals surface area contributed by atoms with Gasteiger partial charge in [-0.1, -0.05) is 0 Å². The lowest BCUT2D eigenvalue weighted by Crippen LogP contribution is -2.46. The van der Waals surface area contributed by atoms with Crippen LogP contribution in [0.5, 0.6) is 0 Å². The van der Waals surface area contributed by atoms with Crippen molar-refractivity contribution in [2.45, 2.75) is 51.6 Å². The highest BCUT2D eigenvalue weighted by Gasteiger charge is 2.21. The molecule has 5 heteroatoms. The fraction of sp³-hybridized carbons (Fsp3) is 0.846. The predicted molar refractivity (Wildman–Crippen MR) is 71.2 cm³/mol. The van der Waals surface area contributed by atoms with Gasteiger partial charge in [-0.25, -0.2) is 0 Å². The Balaban J connectivity index is 2.18. The van der Waals surface area contributed by atoms with Crippen LogP contribution in [-0.2, 0) is 9.59 Å². The van der Waals surface area contributed by atoms with Crippen molar-refractivity contribution in [2.75, 3.05) is 20.1 Å². The number of carbonyl (C=O) groups excluding carboxylic acids is 2. The summed E-state index contributed by atoms with van der Waals surface area (Å²) in [5, 5.41) is 6.13. The normalized spacial score (nSPS) is 15.3. The lowest BCUT2D eigenvalue weighted by molar-refractivity contribution is -0.135. The molecule has 0 aromatic carbocycles. The van der Waals surface area contributed by atoms with E-state index in [1.807, 2.05) is 20.8 Å². The largest absolute Gasteiger partial charge is 0.350 e. The molecule has 1 rings (SSSR count). The van der Waals surface area contributed by atoms with E-state index in [0.717, 1.165) is 0 Å². The van der Waals surface area contributed by atoms with Gasteiger partial charge in [0.1, 0.15) is 0 Å². The average molecular weight is 255 g/mol. The topological polar surface area (TPSA) is 61.4 Å². The average Bonchev–Trinajstić information content (AvgIpc) is 2.98. The number of carbonyl (C=O) groups is 2. The minimum atomic E-state index is -0.255. The third kappa shape index (κ3) is 6.59. The Labute approximate surface area is 109 Å². The first-order chi connectivity index (χ1) is 8.28. The van der Waals surface area contributed by atoms with Crippen LogP contribution in [0.25, 0.3) is 0 Å². The minimum absolute atomic E-state index is 0.00668. The second kappa shape index (κ2) is 6.18. The van der Waals surface area contributed by atoms with Crippen molar-refractivity contribution in [3.63, 3.8) is 0 Å². The smallest absolute Gasteiger partial charge is 0.240 e. The maximum atomic E-state index is 11.8. The lowest BCUT2D eigenvalue weighted by Gasteiger charge is -2.23. The summed E-state index contributed by atoms with van der Waals surface area (Å²) in [6.07, 6.45) is 2.89. The zero-order chi connectivity index (χ0) is 13.8. The van der Waals surface area contributed by atoms with E-state index in [4.69, 9.17) is 0 Å². The van der Waals surface area contributed by atoms with Crippen LogP contribution < -0.4 is 10.6 Å². The summed E-state index contributed by atoms with van der Waals surface area (Å²) in [5.41, 5.74) is -0.255. The third-order valence-corrected chi connectivity index (χ3v) is 2.67. The van der Waals surface area contributed by atoms with E-state index in [9.17, 15) is 9.59 Å². The zero-order valence-corrected chi connectivity index (χ0v) is 11.9. The number of rotatable bonds is 6. The molecule has 104 valence electrons. The van der Waals surface area contributed by atoms with Crippen molar-refractivity contribution in [1.82, 2.24) is 15.5 Å². The Hall–Kier alpha value is -1.10. The molecule has 1 aliphatic rings. The summed E-state index contributed by atoms with van der Waals surface area (Å²) in [6, 6.07) is 0.618. The van der Waals surface area contributed by atoms with Crippen LogP contribution in [0.4, 0.5) is 0 Å². The second-order valence-electron chi connectivity index (χ2n) is 6.03. The Morgan fingerprint density at radius 3 is 2.39 bits per heavy atom. The highest BCUT2D eigenvalue weighted by Crippen LogP contribution is 2.18. The maximum absolute atomic E-state index is 11.8. The monoisotopic (exact) mass is 255 g/mol. The summed E-state index contributed by atoms with van der Waals surface area (Å²) in [7, 11) is 1.67. The van der Waals surface area contributed by atoms with Gasteiger partial charge < -0.3 is 15.5 Å². The van der Waals surface area contributed by atoms with Gasteiger partial charge in [-0.3, -0.25) is 9.59 Å². The van der Waals surface area contributed by atoms with Gasteiger partial charge in [0.05, 0.1) is 6.54 Å². The number of nitrogens with one attached hydrogen (secondary N) is 2. The maximum Gasteiger partial charge on any atom is 0.240 e. The Kier molecular flexibility index (Phi) is 5.14. The van der Waals surface area contributed by atoms with Gasteiger partial charge in [0.15, 0.2) is 0 Å². The van der Waals surface area contributed by atoms with Gasteiger partial charge in [-0.2, -0.15) is 0 Å². The lowest BCUT2D eigenvalue weighted by atomic mass is 10.1. The number of hydrogen-bond acceptors (Lipinski definition) is 3. The molecular formula is C13H25N3O2. The summed E-state index contributed by atoms with van der Waals surface area (Å²) in [6.45, 7) is 6.60. The molecular weight excluding hydrogens is 230 g/mol. The second-order valence-corrected chi connectivity index (χ2v) is 6.03. The van der Waals surface area contributed by atoms with E-state index in [-0.39, 0.29) is 23.9 Å². The number of nitrogens with zero attached hydrogens (tertiary/aromatic N) is 1. The van der Waals surface area contributed by atoms with Gasteiger partial charge in [0, 0.05) is 31.6 Å². The zero-order valence-electron chi connectivity index (χ0n) is 11.9. The van der Waals surface area contributed by atoms with Crippen LogP contribution in [0.15, 0.2) is 0 Å². The molecule has 0 aromatic heterocycles. The fourth-order valence-electron chi connectivity index (χ4n) is 1.62. The van der Waals surface area contributed by atoms with E-state index < -0.39 is 0 Å². The first-order valence-corrected chi connectivity index (χ1v) is 6.56. The molecule has 5 nitrogen and oxygen atoms in total. The van der Waals surface area contributed by atoms with Crippen molar-refractivity contribution in [2.24, 2.45) is 0 Å². The molecule has 1 fully saturated rings. The van der Waals surface area contributed by atoms with Crippen LogP contribution in [0, 0.1) is 0 Å². The van der Waals surface area contributed by atoms with Crippen molar-refractivity contribution < 1.29 is 9.59 Å². The van der Waals surface area contributed by atoms with Gasteiger partial charge in [0.2, 0.25) is 11.8 Å². The van der Waals surface area contributed by atoms with Gasteiger partial charge in [-0.05, 0) is 33.6 Å². The molecule has 0 spiro atoms. The Morgan fingerprint density at radius 2 is 1.89 bits per heavy atom. The Bertz CT molecular complexity index is 306. The van der Waals surface area contributed by atoms with Crippen molar-refractivity contribution >= 4 is 11.8 Å². The molecule has 1 saturated carbocycles. The molecule has 0 aromatic rings. The number of hydrogen-bond donors (Lipinski definition) is 2. The van der Waals surface area contributed by atoms with Crippen LogP contribution in [0.1, 0.15) is 40.0 Å². The SMILES string of the molecule is CN(CC(=O)NC(C)(C)C)C(=O)CCNC1CC1. The van der Waals surface area contributed by atoms with Gasteiger partial charge in [-0.15, -0.1) is 0 Å². The molecule has 2 amide bonds. The summed E-state index contributed by atoms with van der Waals surface area (Å²) in [5.74, 6) is -0.110. The van der Waals surface area contributed by atoms with E-state index >= 15 is 0 Å². The van der Waals surface area contributed by atoms with Gasteiger partial charge in [0.25, 0.3) is 0 Å². The van der Waals surface area contributed by atoms with Crippen molar-refractivity contribution in [3.8, 4) is 0 Å². The van der Waals surface area contributed by atoms with E-state index in [1.165, 1.54) is 17.7 Å². The third-order valence-electron chi connectivity index (χ3n) is 2.67. The summed E-state index contributed by atoms with van der Waals surface area (Å²) in [4.78, 5) is 24.9. The van der Waals surface area contributed by atoms with Crippen molar-refractivity contribution in [3.05, 3.63) is 0 Å². The molecule has 0 saturated heterocycles. The molecule has 0 unspecified atom stereocenters. The number of likely N-dealkylation sites (N-methyl/N-ethyl adjacent to an activating group) is 1. The molecule has 1 aliphatic carbocycles. The molecule has 0 aliphatic heterocycles. The molecule has 0 heterocycles. The highest BCUT2D eigenvalue weighted by atomic mass is 16.2. The minimum Gasteiger partial charge on any atom is -0.350 e. The van der Waals surface area contributed by atoms with Crippen LogP contribution >= 0.6 is 0 Å². The molecule has 0 radical (unpaired) electrons. The summed E-state index contributed by atoms with van der Waals surface area (Å²) < 4.78 is 0. The Morgan fingerprint density at radius 1 is 1.28 bits per heavy atom. The fourth-order valence-corrected chi connectivity index (χ4v) is 1.62. The van der Waals surface area contributed by atoms with E-state index in [2.05, 4.69) is 10.6 Å². The van der Waals surface area contributed by atoms with Gasteiger partial charge >= 0.3 is 0 Å². The molecule has 0 atom stereocenters. The molecule has 18 heavy (non-hydrogen) atoms. The van der Waals surface area contributed by atoms with E-state index in [1.54, 1.807) is 7.05 Å².